The fraction of sp³-hybridized carbons (Fsp3) is 0.421. The minimum absolute atomic E-state index is 0.0191. The van der Waals surface area contributed by atoms with E-state index in [0.29, 0.717) is 15.6 Å². The molecule has 0 bridgehead atoms. The molecule has 2 N–H and O–H groups in total. The average Bonchev–Trinajstić information content (AvgIpc) is 2.85. The van der Waals surface area contributed by atoms with Gasteiger partial charge < -0.3 is 10.5 Å². The van der Waals surface area contributed by atoms with Crippen LogP contribution in [0.15, 0.2) is 18.2 Å². The van der Waals surface area contributed by atoms with Crippen LogP contribution in [-0.2, 0) is 4.74 Å². The molecule has 1 aromatic carbocycles. The SMILES string of the molecule is Cc1cc(-c2c(C)sc(N)c2C(=O)OC2CCCCC2)ccc1Cl. The van der Waals surface area contributed by atoms with Gasteiger partial charge in [-0.25, -0.2) is 4.79 Å². The molecular formula is C19H22ClNO2S. The first-order valence-electron chi connectivity index (χ1n) is 8.33. The minimum Gasteiger partial charge on any atom is -0.459 e. The molecule has 1 aromatic heterocycles. The maximum Gasteiger partial charge on any atom is 0.342 e. The Kier molecular flexibility index (Phi) is 5.16. The Morgan fingerprint density at radius 3 is 2.62 bits per heavy atom. The lowest BCUT2D eigenvalue weighted by molar-refractivity contribution is 0.0213. The lowest BCUT2D eigenvalue weighted by Crippen LogP contribution is -2.21. The van der Waals surface area contributed by atoms with E-state index in [1.807, 2.05) is 32.0 Å². The number of esters is 1. The van der Waals surface area contributed by atoms with Crippen LogP contribution in [0.2, 0.25) is 5.02 Å². The van der Waals surface area contributed by atoms with E-state index in [1.54, 1.807) is 0 Å². The number of nitrogen functional groups attached to an aromatic ring is 1. The third-order valence-electron chi connectivity index (χ3n) is 4.59. The van der Waals surface area contributed by atoms with Crippen LogP contribution in [-0.4, -0.2) is 12.1 Å². The molecule has 1 aliphatic carbocycles. The number of carbonyl (C=O) groups excluding carboxylic acids is 1. The topological polar surface area (TPSA) is 52.3 Å². The van der Waals surface area contributed by atoms with Crippen LogP contribution < -0.4 is 5.73 Å². The van der Waals surface area contributed by atoms with Crippen LogP contribution in [0.5, 0.6) is 0 Å². The fourth-order valence-corrected chi connectivity index (χ4v) is 4.37. The molecule has 0 aliphatic heterocycles. The number of nitrogens with two attached hydrogens (primary N) is 1. The zero-order chi connectivity index (χ0) is 17.3. The standard InChI is InChI=1S/C19H22ClNO2S/c1-11-10-13(8-9-15(11)20)16-12(2)24-18(21)17(16)19(22)23-14-6-4-3-5-7-14/h8-10,14H,3-7,21H2,1-2H3. The van der Waals surface area contributed by atoms with Gasteiger partial charge in [-0.15, -0.1) is 11.3 Å². The number of thiophene rings is 1. The number of rotatable bonds is 3. The summed E-state index contributed by atoms with van der Waals surface area (Å²) >= 11 is 7.57. The molecule has 0 radical (unpaired) electrons. The first-order valence-corrected chi connectivity index (χ1v) is 9.53. The molecule has 1 saturated carbocycles. The first-order chi connectivity index (χ1) is 11.5. The Bertz CT molecular complexity index is 763. The largest absolute Gasteiger partial charge is 0.459 e. The van der Waals surface area contributed by atoms with Gasteiger partial charge in [0.15, 0.2) is 0 Å². The molecule has 3 nitrogen and oxygen atoms in total. The van der Waals surface area contributed by atoms with Crippen molar-refractivity contribution in [2.45, 2.75) is 52.1 Å². The summed E-state index contributed by atoms with van der Waals surface area (Å²) in [7, 11) is 0. The normalized spacial score (nSPS) is 15.5. The summed E-state index contributed by atoms with van der Waals surface area (Å²) in [6, 6.07) is 5.78. The number of benzene rings is 1. The highest BCUT2D eigenvalue weighted by atomic mass is 35.5. The molecule has 0 saturated heterocycles. The number of halogens is 1. The Labute approximate surface area is 151 Å². The number of ether oxygens (including phenoxy) is 1. The monoisotopic (exact) mass is 363 g/mol. The van der Waals surface area contributed by atoms with Gasteiger partial charge >= 0.3 is 5.97 Å². The second kappa shape index (κ2) is 7.16. The lowest BCUT2D eigenvalue weighted by atomic mass is 9.97. The number of carbonyl (C=O) groups is 1. The predicted octanol–water partition coefficient (Wildman–Crippen LogP) is 5.76. The summed E-state index contributed by atoms with van der Waals surface area (Å²) in [5.41, 5.74) is 9.46. The van der Waals surface area contributed by atoms with Crippen molar-refractivity contribution >= 4 is 33.9 Å². The van der Waals surface area contributed by atoms with Gasteiger partial charge in [-0.2, -0.15) is 0 Å². The molecule has 0 amide bonds. The van der Waals surface area contributed by atoms with Gasteiger partial charge in [0.25, 0.3) is 0 Å². The molecular weight excluding hydrogens is 342 g/mol. The second-order valence-electron chi connectivity index (χ2n) is 6.40. The third-order valence-corrected chi connectivity index (χ3v) is 5.95. The van der Waals surface area contributed by atoms with Crippen molar-refractivity contribution in [2.75, 3.05) is 5.73 Å². The predicted molar refractivity (Wildman–Crippen MR) is 101 cm³/mol. The summed E-state index contributed by atoms with van der Waals surface area (Å²) in [5.74, 6) is -0.300. The highest BCUT2D eigenvalue weighted by Gasteiger charge is 2.26. The van der Waals surface area contributed by atoms with Crippen LogP contribution in [0, 0.1) is 13.8 Å². The number of hydrogen-bond acceptors (Lipinski definition) is 4. The van der Waals surface area contributed by atoms with Crippen molar-refractivity contribution in [3.05, 3.63) is 39.2 Å². The number of anilines is 1. The van der Waals surface area contributed by atoms with Gasteiger partial charge in [0.05, 0.1) is 0 Å². The van der Waals surface area contributed by atoms with Gasteiger partial charge in [0.2, 0.25) is 0 Å². The van der Waals surface area contributed by atoms with Crippen LogP contribution in [0.3, 0.4) is 0 Å². The fourth-order valence-electron chi connectivity index (χ4n) is 3.31. The molecule has 5 heteroatoms. The van der Waals surface area contributed by atoms with Crippen molar-refractivity contribution in [2.24, 2.45) is 0 Å². The molecule has 1 aliphatic rings. The molecule has 0 unspecified atom stereocenters. The summed E-state index contributed by atoms with van der Waals surface area (Å²) in [4.78, 5) is 13.8. The van der Waals surface area contributed by atoms with Gasteiger partial charge in [0, 0.05) is 15.5 Å². The zero-order valence-corrected chi connectivity index (χ0v) is 15.6. The summed E-state index contributed by atoms with van der Waals surface area (Å²) < 4.78 is 5.75. The Hall–Kier alpha value is -1.52. The maximum atomic E-state index is 12.8. The van der Waals surface area contributed by atoms with E-state index in [1.165, 1.54) is 17.8 Å². The van der Waals surface area contributed by atoms with Gasteiger partial charge in [-0.1, -0.05) is 24.1 Å². The Balaban J connectivity index is 1.95. The van der Waals surface area contributed by atoms with Crippen molar-refractivity contribution < 1.29 is 9.53 Å². The van der Waals surface area contributed by atoms with Gasteiger partial charge in [-0.3, -0.25) is 0 Å². The van der Waals surface area contributed by atoms with Crippen molar-refractivity contribution in [1.82, 2.24) is 0 Å². The van der Waals surface area contributed by atoms with Crippen LogP contribution in [0.1, 0.15) is 52.9 Å². The summed E-state index contributed by atoms with van der Waals surface area (Å²) in [6.07, 6.45) is 5.39. The number of hydrogen-bond donors (Lipinski definition) is 1. The Morgan fingerprint density at radius 2 is 1.96 bits per heavy atom. The summed E-state index contributed by atoms with van der Waals surface area (Å²) in [5, 5.41) is 1.24. The van der Waals surface area contributed by atoms with Crippen LogP contribution >= 0.6 is 22.9 Å². The first kappa shape index (κ1) is 17.3. The zero-order valence-electron chi connectivity index (χ0n) is 14.0. The van der Waals surface area contributed by atoms with Gasteiger partial charge in [0.1, 0.15) is 16.7 Å². The highest BCUT2D eigenvalue weighted by molar-refractivity contribution is 7.16. The van der Waals surface area contributed by atoms with E-state index in [0.717, 1.165) is 47.3 Å². The van der Waals surface area contributed by atoms with Crippen molar-refractivity contribution in [3.63, 3.8) is 0 Å². The number of aryl methyl sites for hydroxylation is 2. The highest BCUT2D eigenvalue weighted by Crippen LogP contribution is 2.40. The van der Waals surface area contributed by atoms with E-state index in [-0.39, 0.29) is 12.1 Å². The molecule has 128 valence electrons. The maximum absolute atomic E-state index is 12.8. The molecule has 1 heterocycles. The molecule has 1 fully saturated rings. The second-order valence-corrected chi connectivity index (χ2v) is 8.07. The van der Waals surface area contributed by atoms with Crippen LogP contribution in [0.25, 0.3) is 11.1 Å². The molecule has 0 atom stereocenters. The van der Waals surface area contributed by atoms with Crippen molar-refractivity contribution in [1.29, 1.82) is 0 Å². The summed E-state index contributed by atoms with van der Waals surface area (Å²) in [6.45, 7) is 3.94. The third kappa shape index (κ3) is 3.45. The molecule has 24 heavy (non-hydrogen) atoms. The van der Waals surface area contributed by atoms with E-state index < -0.39 is 0 Å². The van der Waals surface area contributed by atoms with E-state index in [4.69, 9.17) is 22.1 Å². The Morgan fingerprint density at radius 1 is 1.25 bits per heavy atom. The smallest absolute Gasteiger partial charge is 0.342 e. The van der Waals surface area contributed by atoms with E-state index >= 15 is 0 Å². The quantitative estimate of drug-likeness (QED) is 0.705. The molecule has 0 spiro atoms. The van der Waals surface area contributed by atoms with E-state index in [9.17, 15) is 4.79 Å². The van der Waals surface area contributed by atoms with Crippen molar-refractivity contribution in [3.8, 4) is 11.1 Å². The van der Waals surface area contributed by atoms with E-state index in [2.05, 4.69) is 0 Å². The lowest BCUT2D eigenvalue weighted by Gasteiger charge is -2.22. The van der Waals surface area contributed by atoms with Gasteiger partial charge in [-0.05, 0) is 62.8 Å². The molecule has 2 aromatic rings. The van der Waals surface area contributed by atoms with Crippen LogP contribution in [0.4, 0.5) is 5.00 Å². The molecule has 3 rings (SSSR count). The minimum atomic E-state index is -0.300. The average molecular weight is 364 g/mol.